The van der Waals surface area contributed by atoms with Crippen LogP contribution < -0.4 is 20.5 Å². The van der Waals surface area contributed by atoms with Gasteiger partial charge in [-0.3, -0.25) is 14.8 Å². The molecule has 0 radical (unpaired) electrons. The number of aryl methyl sites for hydroxylation is 1. The summed E-state index contributed by atoms with van der Waals surface area (Å²) in [7, 11) is -2.49. The van der Waals surface area contributed by atoms with E-state index >= 15 is 0 Å². The van der Waals surface area contributed by atoms with Crippen molar-refractivity contribution >= 4 is 27.9 Å². The molecule has 0 saturated heterocycles. The molecule has 5 N–H and O–H groups in total. The van der Waals surface area contributed by atoms with Crippen molar-refractivity contribution in [2.24, 2.45) is 10.7 Å². The number of hydrogen-bond donors (Lipinski definition) is 4. The van der Waals surface area contributed by atoms with Crippen LogP contribution in [0, 0.1) is 20.8 Å². The summed E-state index contributed by atoms with van der Waals surface area (Å²) in [6.45, 7) is 5.17. The second-order valence-corrected chi connectivity index (χ2v) is 9.19. The number of benzene rings is 1. The number of carbonyl (C=O) groups excluding carboxylic acids is 1. The van der Waals surface area contributed by atoms with Gasteiger partial charge < -0.3 is 20.9 Å². The fourth-order valence-electron chi connectivity index (χ4n) is 3.47. The topological polar surface area (TPSA) is 173 Å². The zero-order chi connectivity index (χ0) is 25.5. The van der Waals surface area contributed by atoms with Gasteiger partial charge >= 0.3 is 6.09 Å². The van der Waals surface area contributed by atoms with Crippen LogP contribution in [0.1, 0.15) is 40.0 Å². The summed E-state index contributed by atoms with van der Waals surface area (Å²) >= 11 is 0. The molecule has 1 aromatic carbocycles. The summed E-state index contributed by atoms with van der Waals surface area (Å²) in [4.78, 5) is 31.7. The Morgan fingerprint density at radius 2 is 1.94 bits per heavy atom. The molecular weight excluding hydrogens is 462 g/mol. The Balaban J connectivity index is 2.06. The standard InChI is InChI=1S/C22H29N5O6S/c1-13-12-18(33-4)14(2)15(3)20(13)34(31,32)27-21(23)25-11-7-9-17(26-22(29)30)19(28)16-8-5-6-10-24-16/h5-6,8,10,12,17,26H,7,9,11H2,1-4H3,(H,29,30)(H3,23,25,27)/t17-/m0/s1. The lowest BCUT2D eigenvalue weighted by molar-refractivity contribution is 0.0926. The van der Waals surface area contributed by atoms with Crippen molar-refractivity contribution in [3.63, 3.8) is 0 Å². The van der Waals surface area contributed by atoms with E-state index in [9.17, 15) is 18.0 Å². The van der Waals surface area contributed by atoms with E-state index in [0.29, 0.717) is 22.4 Å². The molecule has 184 valence electrons. The molecule has 0 aliphatic rings. The molecule has 0 spiro atoms. The number of ether oxygens (including phenoxy) is 1. The van der Waals surface area contributed by atoms with E-state index in [1.165, 1.54) is 19.4 Å². The molecular formula is C22H29N5O6S. The minimum Gasteiger partial charge on any atom is -0.496 e. The fraction of sp³-hybridized carbons (Fsp3) is 0.364. The molecule has 2 rings (SSSR count). The van der Waals surface area contributed by atoms with Gasteiger partial charge in [-0.05, 0) is 68.5 Å². The average molecular weight is 492 g/mol. The highest BCUT2D eigenvalue weighted by atomic mass is 32.2. The minimum absolute atomic E-state index is 0.0707. The first-order valence-electron chi connectivity index (χ1n) is 10.4. The van der Waals surface area contributed by atoms with Crippen LogP contribution in [-0.4, -0.2) is 56.0 Å². The Morgan fingerprint density at radius 1 is 1.24 bits per heavy atom. The summed E-state index contributed by atoms with van der Waals surface area (Å²) in [5.41, 5.74) is 7.65. The molecule has 0 unspecified atom stereocenters. The zero-order valence-electron chi connectivity index (χ0n) is 19.5. The lowest BCUT2D eigenvalue weighted by Crippen LogP contribution is -2.40. The van der Waals surface area contributed by atoms with Crippen LogP contribution in [0.3, 0.4) is 0 Å². The van der Waals surface area contributed by atoms with Gasteiger partial charge in [0.1, 0.15) is 11.4 Å². The van der Waals surface area contributed by atoms with E-state index in [1.807, 2.05) is 0 Å². The van der Waals surface area contributed by atoms with E-state index in [1.54, 1.807) is 39.0 Å². The third kappa shape index (κ3) is 6.67. The number of rotatable bonds is 10. The number of sulfonamides is 1. The van der Waals surface area contributed by atoms with E-state index in [-0.39, 0.29) is 35.9 Å². The molecule has 1 aromatic heterocycles. The number of amides is 1. The minimum atomic E-state index is -4.00. The quantitative estimate of drug-likeness (QED) is 0.169. The third-order valence-corrected chi connectivity index (χ3v) is 6.81. The van der Waals surface area contributed by atoms with E-state index < -0.39 is 27.9 Å². The number of aromatic nitrogens is 1. The first-order valence-corrected chi connectivity index (χ1v) is 11.9. The number of aliphatic imine (C=N–C) groups is 1. The smallest absolute Gasteiger partial charge is 0.405 e. The van der Waals surface area contributed by atoms with Gasteiger partial charge in [0.05, 0.1) is 18.0 Å². The van der Waals surface area contributed by atoms with Crippen molar-refractivity contribution in [2.75, 3.05) is 13.7 Å². The first kappa shape index (κ1) is 26.6. The normalized spacial score (nSPS) is 12.6. The number of carboxylic acid groups (broad SMARTS) is 1. The monoisotopic (exact) mass is 491 g/mol. The molecule has 1 amide bonds. The van der Waals surface area contributed by atoms with Gasteiger partial charge in [-0.25, -0.2) is 17.9 Å². The maximum absolute atomic E-state index is 12.9. The number of pyridine rings is 1. The Morgan fingerprint density at radius 3 is 2.53 bits per heavy atom. The van der Waals surface area contributed by atoms with Crippen LogP contribution in [0.4, 0.5) is 4.79 Å². The van der Waals surface area contributed by atoms with Gasteiger partial charge in [-0.2, -0.15) is 0 Å². The molecule has 2 aromatic rings. The van der Waals surface area contributed by atoms with Gasteiger partial charge in [0, 0.05) is 12.7 Å². The molecule has 12 heteroatoms. The van der Waals surface area contributed by atoms with E-state index in [4.69, 9.17) is 15.6 Å². The molecule has 1 heterocycles. The zero-order valence-corrected chi connectivity index (χ0v) is 20.3. The van der Waals surface area contributed by atoms with Crippen molar-refractivity contribution in [2.45, 2.75) is 44.6 Å². The Labute approximate surface area is 198 Å². The largest absolute Gasteiger partial charge is 0.496 e. The molecule has 0 saturated carbocycles. The maximum atomic E-state index is 12.9. The summed E-state index contributed by atoms with van der Waals surface area (Å²) in [6.07, 6.45) is 0.494. The SMILES string of the molecule is COc1cc(C)c(S(=O)(=O)NC(N)=NCCC[C@H](NC(=O)O)C(=O)c2ccccn2)c(C)c1C. The third-order valence-electron chi connectivity index (χ3n) is 5.17. The second kappa shape index (κ2) is 11.5. The van der Waals surface area contributed by atoms with Gasteiger partial charge in [-0.15, -0.1) is 0 Å². The van der Waals surface area contributed by atoms with Gasteiger partial charge in [0.2, 0.25) is 11.7 Å². The molecule has 0 fully saturated rings. The van der Waals surface area contributed by atoms with Crippen molar-refractivity contribution in [1.82, 2.24) is 15.0 Å². The summed E-state index contributed by atoms with van der Waals surface area (Å²) < 4.78 is 33.3. The molecule has 1 atom stereocenters. The summed E-state index contributed by atoms with van der Waals surface area (Å²) in [5, 5.41) is 11.2. The van der Waals surface area contributed by atoms with Crippen molar-refractivity contribution in [3.05, 3.63) is 52.8 Å². The van der Waals surface area contributed by atoms with Gasteiger partial charge in [0.15, 0.2) is 0 Å². The van der Waals surface area contributed by atoms with Crippen LogP contribution in [0.5, 0.6) is 5.75 Å². The maximum Gasteiger partial charge on any atom is 0.405 e. The number of methoxy groups -OCH3 is 1. The van der Waals surface area contributed by atoms with Gasteiger partial charge in [0.25, 0.3) is 10.0 Å². The van der Waals surface area contributed by atoms with Crippen LogP contribution in [0.25, 0.3) is 0 Å². The highest BCUT2D eigenvalue weighted by molar-refractivity contribution is 7.90. The van der Waals surface area contributed by atoms with E-state index in [0.717, 1.165) is 0 Å². The van der Waals surface area contributed by atoms with Crippen molar-refractivity contribution in [3.8, 4) is 5.75 Å². The number of nitrogens with zero attached hydrogens (tertiary/aromatic N) is 2. The highest BCUT2D eigenvalue weighted by Gasteiger charge is 2.24. The molecule has 0 aliphatic heterocycles. The number of Topliss-reactive ketones (excluding diaryl/α,β-unsaturated/α-hetero) is 1. The predicted octanol–water partition coefficient (Wildman–Crippen LogP) is 1.91. The lowest BCUT2D eigenvalue weighted by Gasteiger charge is -2.17. The van der Waals surface area contributed by atoms with Crippen molar-refractivity contribution in [1.29, 1.82) is 0 Å². The lowest BCUT2D eigenvalue weighted by atomic mass is 10.0. The molecule has 0 aliphatic carbocycles. The van der Waals surface area contributed by atoms with Crippen molar-refractivity contribution < 1.29 is 27.9 Å². The average Bonchev–Trinajstić information content (AvgIpc) is 2.77. The second-order valence-electron chi connectivity index (χ2n) is 7.57. The van der Waals surface area contributed by atoms with Crippen LogP contribution in [-0.2, 0) is 10.0 Å². The van der Waals surface area contributed by atoms with E-state index in [2.05, 4.69) is 20.0 Å². The van der Waals surface area contributed by atoms with Crippen LogP contribution >= 0.6 is 0 Å². The number of nitrogens with one attached hydrogen (secondary N) is 2. The summed E-state index contributed by atoms with van der Waals surface area (Å²) in [6, 6.07) is 5.38. The molecule has 11 nitrogen and oxygen atoms in total. The number of carbonyl (C=O) groups is 2. The first-order chi connectivity index (χ1) is 16.0. The Hall–Kier alpha value is -3.67. The Bertz CT molecular complexity index is 1180. The summed E-state index contributed by atoms with van der Waals surface area (Å²) in [5.74, 6) is -0.201. The van der Waals surface area contributed by atoms with Gasteiger partial charge in [-0.1, -0.05) is 6.07 Å². The molecule has 0 bridgehead atoms. The number of hydrogen-bond acceptors (Lipinski definition) is 7. The number of ketones is 1. The van der Waals surface area contributed by atoms with Crippen LogP contribution in [0.2, 0.25) is 0 Å². The predicted molar refractivity (Wildman–Crippen MR) is 127 cm³/mol. The fourth-order valence-corrected chi connectivity index (χ4v) is 4.95. The molecule has 34 heavy (non-hydrogen) atoms. The number of guanidine groups is 1. The highest BCUT2D eigenvalue weighted by Crippen LogP contribution is 2.30. The number of nitrogens with two attached hydrogens (primary N) is 1. The Kier molecular flexibility index (Phi) is 8.96. The van der Waals surface area contributed by atoms with Crippen LogP contribution in [0.15, 0.2) is 40.4 Å².